The molecule has 0 aliphatic carbocycles. The van der Waals surface area contributed by atoms with Crippen LogP contribution in [0.15, 0.2) is 39.9 Å². The van der Waals surface area contributed by atoms with Gasteiger partial charge in [0, 0.05) is 20.0 Å². The van der Waals surface area contributed by atoms with Gasteiger partial charge >= 0.3 is 11.7 Å². The second-order valence-electron chi connectivity index (χ2n) is 6.08. The van der Waals surface area contributed by atoms with Gasteiger partial charge in [-0.15, -0.1) is 0 Å². The van der Waals surface area contributed by atoms with Crippen molar-refractivity contribution in [1.82, 2.24) is 9.13 Å². The summed E-state index contributed by atoms with van der Waals surface area (Å²) in [6.07, 6.45) is 0. The molecule has 1 aromatic carbocycles. The Hall–Kier alpha value is -3.16. The lowest BCUT2D eigenvalue weighted by molar-refractivity contribution is -0.151. The van der Waals surface area contributed by atoms with Crippen LogP contribution in [0.25, 0.3) is 0 Å². The number of aromatic nitrogens is 2. The Bertz CT molecular complexity index is 990. The number of nitrogens with zero attached hydrogens (tertiary/aromatic N) is 2. The van der Waals surface area contributed by atoms with Gasteiger partial charge in [0.05, 0.1) is 12.2 Å². The summed E-state index contributed by atoms with van der Waals surface area (Å²) in [6.45, 7) is 1.76. The zero-order chi connectivity index (χ0) is 19.0. The van der Waals surface area contributed by atoms with Crippen LogP contribution in [-0.4, -0.2) is 27.6 Å². The molecule has 0 saturated carbocycles. The van der Waals surface area contributed by atoms with Crippen LogP contribution in [0.3, 0.4) is 0 Å². The first-order valence-corrected chi connectivity index (χ1v) is 8.20. The number of amides is 1. The first-order chi connectivity index (χ1) is 12.4. The van der Waals surface area contributed by atoms with E-state index in [1.165, 1.54) is 18.7 Å². The highest BCUT2D eigenvalue weighted by molar-refractivity contribution is 6.08. The summed E-state index contributed by atoms with van der Waals surface area (Å²) in [7, 11) is 2.83. The number of nitrogens with one attached hydrogen (secondary N) is 1. The number of esters is 1. The van der Waals surface area contributed by atoms with Gasteiger partial charge in [0.25, 0.3) is 5.56 Å². The molecule has 2 heterocycles. The molecule has 1 aliphatic heterocycles. The SMILES string of the molecule is CCOC(=O)[C@H]1C(=O)Nc2c(c(=O)n(C)c(=O)n2C)[C@@H]1c1ccccc1. The zero-order valence-electron chi connectivity index (χ0n) is 14.7. The number of carbonyl (C=O) groups is 2. The Labute approximate surface area is 149 Å². The Balaban J connectivity index is 2.34. The molecule has 1 aliphatic rings. The number of hydrogen-bond donors (Lipinski definition) is 1. The molecule has 1 amide bonds. The first-order valence-electron chi connectivity index (χ1n) is 8.20. The fourth-order valence-electron chi connectivity index (χ4n) is 3.31. The number of fused-ring (bicyclic) bond motifs is 1. The number of rotatable bonds is 3. The molecular weight excluding hydrogens is 338 g/mol. The smallest absolute Gasteiger partial charge is 0.332 e. The Morgan fingerprint density at radius 2 is 1.77 bits per heavy atom. The third-order valence-electron chi connectivity index (χ3n) is 4.57. The topological polar surface area (TPSA) is 99.4 Å². The molecule has 0 unspecified atom stereocenters. The van der Waals surface area contributed by atoms with Crippen molar-refractivity contribution in [2.75, 3.05) is 11.9 Å². The predicted molar refractivity (Wildman–Crippen MR) is 94.0 cm³/mol. The third-order valence-corrected chi connectivity index (χ3v) is 4.57. The highest BCUT2D eigenvalue weighted by atomic mass is 16.5. The maximum atomic E-state index is 12.8. The molecule has 26 heavy (non-hydrogen) atoms. The summed E-state index contributed by atoms with van der Waals surface area (Å²) in [5.41, 5.74) is -0.294. The van der Waals surface area contributed by atoms with Crippen LogP contribution in [0.4, 0.5) is 5.82 Å². The van der Waals surface area contributed by atoms with Gasteiger partial charge < -0.3 is 10.1 Å². The molecule has 1 aromatic heterocycles. The van der Waals surface area contributed by atoms with Crippen LogP contribution in [0.1, 0.15) is 24.0 Å². The molecule has 2 aromatic rings. The second kappa shape index (κ2) is 6.62. The Morgan fingerprint density at radius 1 is 1.12 bits per heavy atom. The van der Waals surface area contributed by atoms with Crippen LogP contribution in [0.5, 0.6) is 0 Å². The summed E-state index contributed by atoms with van der Waals surface area (Å²) in [5, 5.41) is 2.54. The van der Waals surface area contributed by atoms with Crippen molar-refractivity contribution in [2.24, 2.45) is 20.0 Å². The first kappa shape index (κ1) is 17.7. The fraction of sp³-hybridized carbons (Fsp3) is 0.333. The summed E-state index contributed by atoms with van der Waals surface area (Å²) in [4.78, 5) is 50.2. The minimum Gasteiger partial charge on any atom is -0.465 e. The van der Waals surface area contributed by atoms with Crippen LogP contribution < -0.4 is 16.6 Å². The average molecular weight is 357 g/mol. The third kappa shape index (κ3) is 2.63. The average Bonchev–Trinajstić information content (AvgIpc) is 2.64. The monoisotopic (exact) mass is 357 g/mol. The van der Waals surface area contributed by atoms with E-state index in [4.69, 9.17) is 4.74 Å². The highest BCUT2D eigenvalue weighted by Crippen LogP contribution is 2.38. The highest BCUT2D eigenvalue weighted by Gasteiger charge is 2.45. The largest absolute Gasteiger partial charge is 0.465 e. The summed E-state index contributed by atoms with van der Waals surface area (Å²) < 4.78 is 7.23. The van der Waals surface area contributed by atoms with Gasteiger partial charge in [-0.1, -0.05) is 30.3 Å². The van der Waals surface area contributed by atoms with Crippen LogP contribution in [-0.2, 0) is 28.4 Å². The van der Waals surface area contributed by atoms with Gasteiger partial charge in [0.15, 0.2) is 0 Å². The van der Waals surface area contributed by atoms with Crippen molar-refractivity contribution in [3.8, 4) is 0 Å². The maximum absolute atomic E-state index is 12.8. The minimum atomic E-state index is -1.21. The summed E-state index contributed by atoms with van der Waals surface area (Å²) in [5.74, 6) is -3.26. The predicted octanol–water partition coefficient (Wildman–Crippen LogP) is 0.347. The van der Waals surface area contributed by atoms with Gasteiger partial charge in [-0.2, -0.15) is 0 Å². The number of hydrogen-bond acceptors (Lipinski definition) is 5. The van der Waals surface area contributed by atoms with E-state index < -0.39 is 35.0 Å². The summed E-state index contributed by atoms with van der Waals surface area (Å²) in [6, 6.07) is 8.80. The maximum Gasteiger partial charge on any atom is 0.332 e. The van der Waals surface area contributed by atoms with E-state index in [9.17, 15) is 19.2 Å². The van der Waals surface area contributed by atoms with Crippen molar-refractivity contribution in [1.29, 1.82) is 0 Å². The lowest BCUT2D eigenvalue weighted by atomic mass is 9.78. The Morgan fingerprint density at radius 3 is 2.38 bits per heavy atom. The Kier molecular flexibility index (Phi) is 4.50. The van der Waals surface area contributed by atoms with Crippen molar-refractivity contribution in [2.45, 2.75) is 12.8 Å². The van der Waals surface area contributed by atoms with Gasteiger partial charge in [0.2, 0.25) is 5.91 Å². The van der Waals surface area contributed by atoms with E-state index >= 15 is 0 Å². The standard InChI is InChI=1S/C18H19N3O5/c1-4-26-17(24)13-11(10-8-6-5-7-9-10)12-14(19-15(13)22)20(2)18(25)21(3)16(12)23/h5-9,11,13H,4H2,1-3H3,(H,19,22)/t11-,13+/m0/s1. The van der Waals surface area contributed by atoms with E-state index in [0.29, 0.717) is 5.56 Å². The van der Waals surface area contributed by atoms with Gasteiger partial charge in [0.1, 0.15) is 11.7 Å². The molecule has 3 rings (SSSR count). The molecule has 136 valence electrons. The molecular formula is C18H19N3O5. The number of carbonyl (C=O) groups excluding carboxylic acids is 2. The molecule has 1 N–H and O–H groups in total. The number of anilines is 1. The van der Waals surface area contributed by atoms with E-state index in [1.807, 2.05) is 0 Å². The summed E-state index contributed by atoms with van der Waals surface area (Å²) >= 11 is 0. The van der Waals surface area contributed by atoms with Crippen LogP contribution >= 0.6 is 0 Å². The van der Waals surface area contributed by atoms with E-state index in [-0.39, 0.29) is 18.0 Å². The van der Waals surface area contributed by atoms with E-state index in [1.54, 1.807) is 37.3 Å². The molecule has 0 saturated heterocycles. The molecule has 0 fully saturated rings. The minimum absolute atomic E-state index is 0.109. The molecule has 8 nitrogen and oxygen atoms in total. The van der Waals surface area contributed by atoms with E-state index in [2.05, 4.69) is 5.32 Å². The molecule has 2 atom stereocenters. The second-order valence-corrected chi connectivity index (χ2v) is 6.08. The number of benzene rings is 1. The van der Waals surface area contributed by atoms with Crippen molar-refractivity contribution < 1.29 is 14.3 Å². The molecule has 8 heteroatoms. The van der Waals surface area contributed by atoms with Gasteiger partial charge in [-0.05, 0) is 12.5 Å². The zero-order valence-corrected chi connectivity index (χ0v) is 14.7. The molecule has 0 radical (unpaired) electrons. The normalized spacial score (nSPS) is 18.8. The van der Waals surface area contributed by atoms with E-state index in [0.717, 1.165) is 4.57 Å². The molecule has 0 bridgehead atoms. The lowest BCUT2D eigenvalue weighted by Gasteiger charge is -2.32. The van der Waals surface area contributed by atoms with Crippen LogP contribution in [0.2, 0.25) is 0 Å². The van der Waals surface area contributed by atoms with Crippen molar-refractivity contribution >= 4 is 17.7 Å². The molecule has 0 spiro atoms. The van der Waals surface area contributed by atoms with Crippen molar-refractivity contribution in [3.05, 3.63) is 62.3 Å². The fourth-order valence-corrected chi connectivity index (χ4v) is 3.31. The van der Waals surface area contributed by atoms with Gasteiger partial charge in [-0.25, -0.2) is 4.79 Å². The number of ether oxygens (including phenoxy) is 1. The lowest BCUT2D eigenvalue weighted by Crippen LogP contribution is -2.49. The quantitative estimate of drug-likeness (QED) is 0.631. The van der Waals surface area contributed by atoms with Crippen molar-refractivity contribution in [3.63, 3.8) is 0 Å². The van der Waals surface area contributed by atoms with Crippen LogP contribution in [0, 0.1) is 5.92 Å². The van der Waals surface area contributed by atoms with Gasteiger partial charge in [-0.3, -0.25) is 23.5 Å².